The van der Waals surface area contributed by atoms with Gasteiger partial charge in [0.1, 0.15) is 6.10 Å². The number of carbonyl (C=O) groups excluding carboxylic acids is 1. The molecule has 17 heavy (non-hydrogen) atoms. The number of carbonyl (C=O) groups is 1. The van der Waals surface area contributed by atoms with E-state index in [0.717, 1.165) is 0 Å². The Labute approximate surface area is 98.5 Å². The van der Waals surface area contributed by atoms with E-state index in [1.54, 1.807) is 42.5 Å². The van der Waals surface area contributed by atoms with Crippen molar-refractivity contribution in [3.05, 3.63) is 64.7 Å². The van der Waals surface area contributed by atoms with Gasteiger partial charge in [-0.3, -0.25) is 4.79 Å². The largest absolute Gasteiger partial charge is 0.398 e. The van der Waals surface area contributed by atoms with Crippen LogP contribution < -0.4 is 5.73 Å². The number of ketones is 1. The molecule has 2 aromatic rings. The molecule has 84 valence electrons. The lowest BCUT2D eigenvalue weighted by Gasteiger charge is -2.24. The average Bonchev–Trinajstić information content (AvgIpc) is 2.36. The highest BCUT2D eigenvalue weighted by atomic mass is 16.3. The minimum absolute atomic E-state index is 0.0757. The Hall–Kier alpha value is -2.13. The molecule has 0 amide bonds. The van der Waals surface area contributed by atoms with Crippen molar-refractivity contribution in [3.8, 4) is 0 Å². The summed E-state index contributed by atoms with van der Waals surface area (Å²) in [5.41, 5.74) is 8.50. The van der Waals surface area contributed by atoms with Gasteiger partial charge in [-0.05, 0) is 11.6 Å². The lowest BCUT2D eigenvalue weighted by molar-refractivity contribution is 0.101. The molecule has 0 aliphatic heterocycles. The van der Waals surface area contributed by atoms with Gasteiger partial charge in [-0.2, -0.15) is 0 Å². The highest BCUT2D eigenvalue weighted by molar-refractivity contribution is 6.13. The highest BCUT2D eigenvalue weighted by Crippen LogP contribution is 2.37. The second-order valence-corrected chi connectivity index (χ2v) is 4.13. The number of benzene rings is 2. The lowest BCUT2D eigenvalue weighted by atomic mass is 9.82. The summed E-state index contributed by atoms with van der Waals surface area (Å²) in [7, 11) is 0. The zero-order chi connectivity index (χ0) is 12.0. The SMILES string of the molecule is Nc1cccc2c1C(O)c1ccccc1C2=O. The van der Waals surface area contributed by atoms with E-state index < -0.39 is 6.10 Å². The molecule has 0 aromatic heterocycles. The molecule has 1 atom stereocenters. The van der Waals surface area contributed by atoms with Crippen LogP contribution >= 0.6 is 0 Å². The van der Waals surface area contributed by atoms with E-state index in [0.29, 0.717) is 27.9 Å². The van der Waals surface area contributed by atoms with Gasteiger partial charge in [-0.25, -0.2) is 0 Å². The van der Waals surface area contributed by atoms with Gasteiger partial charge in [0.15, 0.2) is 5.78 Å². The molecular weight excluding hydrogens is 214 g/mol. The Morgan fingerprint density at radius 3 is 2.53 bits per heavy atom. The summed E-state index contributed by atoms with van der Waals surface area (Å²) < 4.78 is 0. The predicted octanol–water partition coefficient (Wildman–Crippen LogP) is 1.89. The maximum atomic E-state index is 12.2. The number of nitrogen functional groups attached to an aromatic ring is 1. The molecule has 0 radical (unpaired) electrons. The quantitative estimate of drug-likeness (QED) is 0.673. The zero-order valence-corrected chi connectivity index (χ0v) is 9.05. The van der Waals surface area contributed by atoms with E-state index >= 15 is 0 Å². The van der Waals surface area contributed by atoms with Crippen LogP contribution in [-0.4, -0.2) is 10.9 Å². The Bertz CT molecular complexity index is 619. The fraction of sp³-hybridized carbons (Fsp3) is 0.0714. The Morgan fingerprint density at radius 1 is 1.00 bits per heavy atom. The maximum Gasteiger partial charge on any atom is 0.193 e. The van der Waals surface area contributed by atoms with E-state index in [-0.39, 0.29) is 5.78 Å². The zero-order valence-electron chi connectivity index (χ0n) is 9.05. The summed E-state index contributed by atoms with van der Waals surface area (Å²) in [6, 6.07) is 12.2. The summed E-state index contributed by atoms with van der Waals surface area (Å²) in [6.07, 6.45) is -0.819. The van der Waals surface area contributed by atoms with Gasteiger partial charge in [0.05, 0.1) is 0 Å². The molecule has 0 bridgehead atoms. The molecule has 3 nitrogen and oxygen atoms in total. The molecule has 1 aliphatic carbocycles. The molecule has 3 N–H and O–H groups in total. The van der Waals surface area contributed by atoms with Crippen LogP contribution in [0.25, 0.3) is 0 Å². The van der Waals surface area contributed by atoms with Crippen LogP contribution in [0.1, 0.15) is 33.2 Å². The Morgan fingerprint density at radius 2 is 1.71 bits per heavy atom. The minimum Gasteiger partial charge on any atom is -0.398 e. The number of hydrogen-bond donors (Lipinski definition) is 2. The van der Waals surface area contributed by atoms with E-state index in [1.165, 1.54) is 0 Å². The standard InChI is InChI=1S/C14H11NO2/c15-11-7-3-6-10-12(11)14(17)9-5-2-1-4-8(9)13(10)16/h1-7,14,17H,15H2. The van der Waals surface area contributed by atoms with E-state index in [1.807, 2.05) is 0 Å². The van der Waals surface area contributed by atoms with Crippen molar-refractivity contribution in [2.45, 2.75) is 6.10 Å². The van der Waals surface area contributed by atoms with Crippen LogP contribution in [0.2, 0.25) is 0 Å². The number of fused-ring (bicyclic) bond motifs is 2. The van der Waals surface area contributed by atoms with Gasteiger partial charge < -0.3 is 10.8 Å². The van der Waals surface area contributed by atoms with Gasteiger partial charge in [-0.15, -0.1) is 0 Å². The minimum atomic E-state index is -0.819. The predicted molar refractivity (Wildman–Crippen MR) is 64.8 cm³/mol. The van der Waals surface area contributed by atoms with Gasteiger partial charge in [0.25, 0.3) is 0 Å². The van der Waals surface area contributed by atoms with Crippen molar-refractivity contribution in [3.63, 3.8) is 0 Å². The smallest absolute Gasteiger partial charge is 0.193 e. The van der Waals surface area contributed by atoms with E-state index in [4.69, 9.17) is 5.73 Å². The van der Waals surface area contributed by atoms with Crippen LogP contribution in [0, 0.1) is 0 Å². The Kier molecular flexibility index (Phi) is 2.03. The fourth-order valence-corrected chi connectivity index (χ4v) is 2.33. The summed E-state index contributed by atoms with van der Waals surface area (Å²) in [4.78, 5) is 12.2. The molecule has 0 saturated carbocycles. The number of rotatable bonds is 0. The second kappa shape index (κ2) is 3.43. The third-order valence-electron chi connectivity index (χ3n) is 3.16. The van der Waals surface area contributed by atoms with Crippen molar-refractivity contribution in [2.24, 2.45) is 0 Å². The topological polar surface area (TPSA) is 63.3 Å². The third kappa shape index (κ3) is 1.29. The van der Waals surface area contributed by atoms with Crippen LogP contribution in [0.4, 0.5) is 5.69 Å². The molecule has 1 aliphatic rings. The number of hydrogen-bond acceptors (Lipinski definition) is 3. The molecule has 0 heterocycles. The van der Waals surface area contributed by atoms with Crippen molar-refractivity contribution in [2.75, 3.05) is 5.73 Å². The summed E-state index contributed by atoms with van der Waals surface area (Å²) in [5, 5.41) is 10.3. The molecule has 3 rings (SSSR count). The molecule has 0 saturated heterocycles. The summed E-state index contributed by atoms with van der Waals surface area (Å²) in [6.45, 7) is 0. The first-order valence-electron chi connectivity index (χ1n) is 5.40. The summed E-state index contributed by atoms with van der Waals surface area (Å²) >= 11 is 0. The van der Waals surface area contributed by atoms with Gasteiger partial charge in [0.2, 0.25) is 0 Å². The maximum absolute atomic E-state index is 12.2. The van der Waals surface area contributed by atoms with Crippen molar-refractivity contribution in [1.29, 1.82) is 0 Å². The van der Waals surface area contributed by atoms with Crippen molar-refractivity contribution < 1.29 is 9.90 Å². The number of aliphatic hydroxyl groups is 1. The lowest BCUT2D eigenvalue weighted by Crippen LogP contribution is -2.20. The second-order valence-electron chi connectivity index (χ2n) is 4.13. The van der Waals surface area contributed by atoms with E-state index in [9.17, 15) is 9.90 Å². The first-order valence-corrected chi connectivity index (χ1v) is 5.40. The number of anilines is 1. The summed E-state index contributed by atoms with van der Waals surface area (Å²) in [5.74, 6) is -0.0757. The van der Waals surface area contributed by atoms with Crippen LogP contribution in [-0.2, 0) is 0 Å². The molecule has 1 unspecified atom stereocenters. The molecule has 0 fully saturated rings. The first-order chi connectivity index (χ1) is 8.20. The third-order valence-corrected chi connectivity index (χ3v) is 3.16. The highest BCUT2D eigenvalue weighted by Gasteiger charge is 2.30. The fourth-order valence-electron chi connectivity index (χ4n) is 2.33. The monoisotopic (exact) mass is 225 g/mol. The molecule has 3 heteroatoms. The molecule has 0 spiro atoms. The van der Waals surface area contributed by atoms with Crippen molar-refractivity contribution >= 4 is 11.5 Å². The normalized spacial score (nSPS) is 17.5. The first kappa shape index (κ1) is 10.1. The van der Waals surface area contributed by atoms with E-state index in [2.05, 4.69) is 0 Å². The number of nitrogens with two attached hydrogens (primary N) is 1. The van der Waals surface area contributed by atoms with Crippen LogP contribution in [0.5, 0.6) is 0 Å². The number of aliphatic hydroxyl groups excluding tert-OH is 1. The molecule has 2 aromatic carbocycles. The van der Waals surface area contributed by atoms with Gasteiger partial charge >= 0.3 is 0 Å². The molecular formula is C14H11NO2. The van der Waals surface area contributed by atoms with Crippen molar-refractivity contribution in [1.82, 2.24) is 0 Å². The van der Waals surface area contributed by atoms with Gasteiger partial charge in [0, 0.05) is 22.4 Å². The van der Waals surface area contributed by atoms with Crippen LogP contribution in [0.3, 0.4) is 0 Å². The average molecular weight is 225 g/mol. The van der Waals surface area contributed by atoms with Gasteiger partial charge in [-0.1, -0.05) is 36.4 Å². The Balaban J connectivity index is 2.33. The van der Waals surface area contributed by atoms with Crippen LogP contribution in [0.15, 0.2) is 42.5 Å².